The first-order valence-corrected chi connectivity index (χ1v) is 9.86. The molecule has 27 heavy (non-hydrogen) atoms. The Balaban J connectivity index is 1.85. The Bertz CT molecular complexity index is 1160. The molecule has 0 atom stereocenters. The van der Waals surface area contributed by atoms with E-state index >= 15 is 0 Å². The third-order valence-corrected chi connectivity index (χ3v) is 5.62. The maximum atomic E-state index is 11.6. The molecule has 0 aliphatic heterocycles. The molecule has 4 rings (SSSR count). The van der Waals surface area contributed by atoms with Gasteiger partial charge in [-0.2, -0.15) is 0 Å². The number of benzene rings is 2. The summed E-state index contributed by atoms with van der Waals surface area (Å²) in [5, 5.41) is 16.2. The van der Waals surface area contributed by atoms with Crippen molar-refractivity contribution in [3.05, 3.63) is 69.2 Å². The first-order valence-electron chi connectivity index (χ1n) is 7.81. The van der Waals surface area contributed by atoms with Crippen molar-refractivity contribution in [3.63, 3.8) is 0 Å². The van der Waals surface area contributed by atoms with Crippen LogP contribution in [0.25, 0.3) is 21.3 Å². The van der Waals surface area contributed by atoms with Crippen molar-refractivity contribution in [3.8, 4) is 11.1 Å². The molecule has 0 fully saturated rings. The molecule has 5 nitrogen and oxygen atoms in total. The number of halogens is 2. The van der Waals surface area contributed by atoms with Crippen molar-refractivity contribution in [2.45, 2.75) is 0 Å². The van der Waals surface area contributed by atoms with Crippen molar-refractivity contribution in [2.24, 2.45) is 0 Å². The number of anilines is 2. The average Bonchev–Trinajstić information content (AvgIpc) is 3.09. The molecule has 0 aliphatic carbocycles. The van der Waals surface area contributed by atoms with Crippen molar-refractivity contribution < 1.29 is 9.90 Å². The third kappa shape index (κ3) is 3.53. The molecular weight excluding hydrogens is 450 g/mol. The van der Waals surface area contributed by atoms with Gasteiger partial charge in [-0.25, -0.2) is 14.8 Å². The van der Waals surface area contributed by atoms with Gasteiger partial charge in [-0.05, 0) is 35.9 Å². The third-order valence-electron chi connectivity index (χ3n) is 3.99. The van der Waals surface area contributed by atoms with E-state index in [0.29, 0.717) is 21.0 Å². The fraction of sp³-hybridized carbons (Fsp3) is 0. The number of nitrogens with zero attached hydrogens (tertiary/aromatic N) is 2. The Morgan fingerprint density at radius 3 is 2.67 bits per heavy atom. The number of aromatic carboxylic acids is 1. The van der Waals surface area contributed by atoms with Crippen LogP contribution in [0.4, 0.5) is 11.5 Å². The lowest BCUT2D eigenvalue weighted by molar-refractivity contribution is 0.0698. The van der Waals surface area contributed by atoms with E-state index in [1.54, 1.807) is 18.2 Å². The van der Waals surface area contributed by atoms with Gasteiger partial charge in [0.2, 0.25) is 0 Å². The zero-order valence-corrected chi connectivity index (χ0v) is 16.8. The Morgan fingerprint density at radius 2 is 1.93 bits per heavy atom. The van der Waals surface area contributed by atoms with Gasteiger partial charge in [0.25, 0.3) is 0 Å². The maximum absolute atomic E-state index is 11.6. The minimum Gasteiger partial charge on any atom is -0.478 e. The van der Waals surface area contributed by atoms with Crippen molar-refractivity contribution >= 4 is 66.6 Å². The number of hydrogen-bond acceptors (Lipinski definition) is 5. The van der Waals surface area contributed by atoms with Crippen LogP contribution in [-0.2, 0) is 0 Å². The summed E-state index contributed by atoms with van der Waals surface area (Å²) >= 11 is 10.8. The summed E-state index contributed by atoms with van der Waals surface area (Å²) < 4.78 is 0.690. The van der Waals surface area contributed by atoms with Crippen LogP contribution in [0, 0.1) is 0 Å². The van der Waals surface area contributed by atoms with E-state index < -0.39 is 5.97 Å². The highest BCUT2D eigenvalue weighted by atomic mass is 79.9. The molecule has 0 amide bonds. The minimum atomic E-state index is -1.02. The first kappa shape index (κ1) is 17.9. The van der Waals surface area contributed by atoms with Crippen LogP contribution in [0.2, 0.25) is 5.02 Å². The lowest BCUT2D eigenvalue weighted by Crippen LogP contribution is -2.04. The molecule has 0 unspecified atom stereocenters. The van der Waals surface area contributed by atoms with Gasteiger partial charge in [0.1, 0.15) is 17.0 Å². The van der Waals surface area contributed by atoms with Gasteiger partial charge in [-0.3, -0.25) is 0 Å². The second-order valence-corrected chi connectivity index (χ2v) is 7.89. The van der Waals surface area contributed by atoms with E-state index in [1.807, 2.05) is 29.6 Å². The van der Waals surface area contributed by atoms with Crippen LogP contribution in [0.1, 0.15) is 10.4 Å². The highest BCUT2D eigenvalue weighted by Crippen LogP contribution is 2.38. The predicted octanol–water partition coefficient (Wildman–Crippen LogP) is 6.22. The second-order valence-electron chi connectivity index (χ2n) is 5.68. The maximum Gasteiger partial charge on any atom is 0.337 e. The molecule has 0 bridgehead atoms. The van der Waals surface area contributed by atoms with Crippen LogP contribution >= 0.6 is 38.9 Å². The molecule has 0 aliphatic rings. The van der Waals surface area contributed by atoms with E-state index in [2.05, 4.69) is 31.2 Å². The van der Waals surface area contributed by atoms with Crippen LogP contribution in [0.15, 0.2) is 58.6 Å². The van der Waals surface area contributed by atoms with Crippen LogP contribution in [0.5, 0.6) is 0 Å². The number of thiophene rings is 1. The Kier molecular flexibility index (Phi) is 4.82. The Labute approximate surface area is 171 Å². The number of carbonyl (C=O) groups is 1. The van der Waals surface area contributed by atoms with E-state index in [0.717, 1.165) is 21.3 Å². The monoisotopic (exact) mass is 459 g/mol. The molecule has 0 radical (unpaired) electrons. The lowest BCUT2D eigenvalue weighted by atomic mass is 10.1. The fourth-order valence-electron chi connectivity index (χ4n) is 2.74. The number of nitrogens with one attached hydrogen (secondary N) is 1. The molecule has 2 N–H and O–H groups in total. The van der Waals surface area contributed by atoms with Gasteiger partial charge in [0.05, 0.1) is 16.6 Å². The second kappa shape index (κ2) is 7.26. The largest absolute Gasteiger partial charge is 0.478 e. The SMILES string of the molecule is O=C(O)c1cc(Br)ccc1Nc1ncnc2scc(-c3ccc(Cl)cc3)c12. The number of fused-ring (bicyclic) bond motifs is 1. The zero-order valence-electron chi connectivity index (χ0n) is 13.6. The molecule has 2 aromatic carbocycles. The summed E-state index contributed by atoms with van der Waals surface area (Å²) in [4.78, 5) is 21.1. The van der Waals surface area contributed by atoms with Crippen LogP contribution in [-0.4, -0.2) is 21.0 Å². The predicted molar refractivity (Wildman–Crippen MR) is 112 cm³/mol. The van der Waals surface area contributed by atoms with Gasteiger partial charge in [0, 0.05) is 20.4 Å². The number of carboxylic acid groups (broad SMARTS) is 1. The van der Waals surface area contributed by atoms with Gasteiger partial charge >= 0.3 is 5.97 Å². The average molecular weight is 461 g/mol. The van der Waals surface area contributed by atoms with Crippen molar-refractivity contribution in [2.75, 3.05) is 5.32 Å². The van der Waals surface area contributed by atoms with Gasteiger partial charge < -0.3 is 10.4 Å². The highest BCUT2D eigenvalue weighted by Gasteiger charge is 2.16. The normalized spacial score (nSPS) is 10.9. The molecule has 8 heteroatoms. The van der Waals surface area contributed by atoms with E-state index in [1.165, 1.54) is 17.7 Å². The molecular formula is C19H11BrClN3O2S. The van der Waals surface area contributed by atoms with Crippen molar-refractivity contribution in [1.29, 1.82) is 0 Å². The van der Waals surface area contributed by atoms with Gasteiger partial charge in [0.15, 0.2) is 0 Å². The molecule has 0 saturated carbocycles. The smallest absolute Gasteiger partial charge is 0.337 e. The molecule has 0 spiro atoms. The molecule has 4 aromatic rings. The molecule has 134 valence electrons. The summed E-state index contributed by atoms with van der Waals surface area (Å²) in [7, 11) is 0. The summed E-state index contributed by atoms with van der Waals surface area (Å²) in [5.74, 6) is -0.469. The van der Waals surface area contributed by atoms with E-state index in [4.69, 9.17) is 11.6 Å². The molecule has 2 heterocycles. The Hall–Kier alpha value is -2.48. The number of carboxylic acids is 1. The minimum absolute atomic E-state index is 0.152. The molecule has 0 saturated heterocycles. The summed E-state index contributed by atoms with van der Waals surface area (Å²) in [6, 6.07) is 12.6. The standard InChI is InChI=1S/C19H11BrClN3O2S/c20-11-3-6-15(13(7-11)19(25)26)24-17-16-14(8-27-18(16)23-9-22-17)10-1-4-12(21)5-2-10/h1-9H,(H,25,26)(H,22,23,24). The topological polar surface area (TPSA) is 75.1 Å². The summed E-state index contributed by atoms with van der Waals surface area (Å²) in [5.41, 5.74) is 2.56. The van der Waals surface area contributed by atoms with E-state index in [-0.39, 0.29) is 5.56 Å². The lowest BCUT2D eigenvalue weighted by Gasteiger charge is -2.11. The highest BCUT2D eigenvalue weighted by molar-refractivity contribution is 9.10. The van der Waals surface area contributed by atoms with Crippen molar-refractivity contribution in [1.82, 2.24) is 9.97 Å². The van der Waals surface area contributed by atoms with Gasteiger partial charge in [-0.1, -0.05) is 39.7 Å². The van der Waals surface area contributed by atoms with Crippen LogP contribution < -0.4 is 5.32 Å². The van der Waals surface area contributed by atoms with E-state index in [9.17, 15) is 9.90 Å². The number of hydrogen-bond donors (Lipinski definition) is 2. The van der Waals surface area contributed by atoms with Crippen LogP contribution in [0.3, 0.4) is 0 Å². The fourth-order valence-corrected chi connectivity index (χ4v) is 4.14. The first-order chi connectivity index (χ1) is 13.0. The molecule has 2 aromatic heterocycles. The zero-order chi connectivity index (χ0) is 19.0. The number of rotatable bonds is 4. The summed E-state index contributed by atoms with van der Waals surface area (Å²) in [6.45, 7) is 0. The summed E-state index contributed by atoms with van der Waals surface area (Å²) in [6.07, 6.45) is 1.46. The van der Waals surface area contributed by atoms with Gasteiger partial charge in [-0.15, -0.1) is 11.3 Å². The quantitative estimate of drug-likeness (QED) is 0.378. The Morgan fingerprint density at radius 1 is 1.15 bits per heavy atom. The number of aromatic nitrogens is 2.